The highest BCUT2D eigenvalue weighted by Gasteiger charge is 2.67. The molecule has 1 heterocycles. The molecule has 5 aliphatic rings. The van der Waals surface area contributed by atoms with Gasteiger partial charge in [0.05, 0.1) is 11.8 Å². The quantitative estimate of drug-likeness (QED) is 0.549. The number of likely N-dealkylation sites (tertiary alicyclic amines) is 1. The number of allylic oxidation sites excluding steroid dienone is 2. The fourth-order valence-electron chi connectivity index (χ4n) is 6.31. The maximum atomic E-state index is 13.6. The molecule has 3 amide bonds. The third-order valence-electron chi connectivity index (χ3n) is 8.17. The van der Waals surface area contributed by atoms with E-state index in [9.17, 15) is 14.4 Å². The predicted octanol–water partition coefficient (Wildman–Crippen LogP) is 3.96. The van der Waals surface area contributed by atoms with Crippen LogP contribution >= 0.6 is 0 Å². The highest BCUT2D eigenvalue weighted by molar-refractivity contribution is 6.10. The molecule has 5 heteroatoms. The molecule has 0 N–H and O–H groups in total. The van der Waals surface area contributed by atoms with E-state index < -0.39 is 0 Å². The average Bonchev–Trinajstić information content (AvgIpc) is 3.60. The number of anilines is 1. The first-order chi connectivity index (χ1) is 15.5. The second-order valence-corrected chi connectivity index (χ2v) is 9.72. The molecule has 2 bridgehead atoms. The van der Waals surface area contributed by atoms with Gasteiger partial charge in [-0.25, -0.2) is 0 Å². The number of nitrogens with zero attached hydrogens (tertiary/aromatic N) is 2. The summed E-state index contributed by atoms with van der Waals surface area (Å²) in [5.41, 5.74) is 3.30. The minimum absolute atomic E-state index is 0.0442. The lowest BCUT2D eigenvalue weighted by Crippen LogP contribution is -2.45. The number of aryl methyl sites for hydroxylation is 1. The lowest BCUT2D eigenvalue weighted by Gasteiger charge is -2.37. The summed E-state index contributed by atoms with van der Waals surface area (Å²) in [6, 6.07) is 14.9. The minimum Gasteiger partial charge on any atom is -0.289 e. The molecule has 6 atom stereocenters. The van der Waals surface area contributed by atoms with Gasteiger partial charge in [0.15, 0.2) is 0 Å². The zero-order valence-corrected chi connectivity index (χ0v) is 18.3. The number of amides is 3. The van der Waals surface area contributed by atoms with Crippen LogP contribution in [-0.2, 0) is 9.59 Å². The molecule has 0 spiro atoms. The van der Waals surface area contributed by atoms with E-state index in [1.807, 2.05) is 50.2 Å². The fraction of sp³-hybridized carbons (Fsp3) is 0.370. The summed E-state index contributed by atoms with van der Waals surface area (Å²) in [7, 11) is 0. The van der Waals surface area contributed by atoms with E-state index in [0.29, 0.717) is 17.4 Å². The Morgan fingerprint density at radius 1 is 0.906 bits per heavy atom. The number of benzene rings is 2. The van der Waals surface area contributed by atoms with Gasteiger partial charge in [-0.1, -0.05) is 42.5 Å². The smallest absolute Gasteiger partial charge is 0.259 e. The molecule has 2 aromatic rings. The van der Waals surface area contributed by atoms with E-state index in [1.54, 1.807) is 17.0 Å². The zero-order chi connectivity index (χ0) is 22.1. The SMILES string of the molecule is Cc1cccc(N(CN2C(=O)[C@H]3[C@@H]4C=C[C@H]([C@H]5C[C@H]45)[C@@H]3C2=O)C(=O)c2ccccc2)c1C. The Bertz CT molecular complexity index is 1130. The number of hydrogen-bond acceptors (Lipinski definition) is 3. The van der Waals surface area contributed by atoms with Crippen LogP contribution in [-0.4, -0.2) is 29.3 Å². The van der Waals surface area contributed by atoms with Crippen LogP contribution in [0, 0.1) is 49.4 Å². The van der Waals surface area contributed by atoms with Crippen molar-refractivity contribution in [3.63, 3.8) is 0 Å². The van der Waals surface area contributed by atoms with E-state index >= 15 is 0 Å². The molecule has 5 nitrogen and oxygen atoms in total. The van der Waals surface area contributed by atoms with Gasteiger partial charge in [0.2, 0.25) is 11.8 Å². The van der Waals surface area contributed by atoms with E-state index in [4.69, 9.17) is 0 Å². The fourth-order valence-corrected chi connectivity index (χ4v) is 6.31. The van der Waals surface area contributed by atoms with Gasteiger partial charge in [-0.3, -0.25) is 24.2 Å². The summed E-state index contributed by atoms with van der Waals surface area (Å²) in [5.74, 6) is 0.529. The molecule has 2 aromatic carbocycles. The summed E-state index contributed by atoms with van der Waals surface area (Å²) in [4.78, 5) is 43.6. The molecular weight excluding hydrogens is 400 g/mol. The Labute approximate surface area is 187 Å². The van der Waals surface area contributed by atoms with Crippen LogP contribution in [0.3, 0.4) is 0 Å². The van der Waals surface area contributed by atoms with Gasteiger partial charge in [-0.05, 0) is 73.3 Å². The summed E-state index contributed by atoms with van der Waals surface area (Å²) in [6.07, 6.45) is 5.48. The Morgan fingerprint density at radius 2 is 1.53 bits per heavy atom. The number of carbonyl (C=O) groups excluding carboxylic acids is 3. The van der Waals surface area contributed by atoms with Gasteiger partial charge in [0, 0.05) is 11.3 Å². The Balaban J connectivity index is 1.37. The third-order valence-corrected chi connectivity index (χ3v) is 8.17. The molecule has 0 unspecified atom stereocenters. The van der Waals surface area contributed by atoms with Crippen LogP contribution in [0.1, 0.15) is 27.9 Å². The van der Waals surface area contributed by atoms with Crippen LogP contribution in [0.4, 0.5) is 5.69 Å². The van der Waals surface area contributed by atoms with Crippen molar-refractivity contribution in [3.8, 4) is 0 Å². The van der Waals surface area contributed by atoms with Crippen LogP contribution in [0.5, 0.6) is 0 Å². The topological polar surface area (TPSA) is 57.7 Å². The normalized spacial score (nSPS) is 31.5. The number of imide groups is 1. The number of carbonyl (C=O) groups is 3. The first-order valence-corrected chi connectivity index (χ1v) is 11.4. The van der Waals surface area contributed by atoms with Crippen molar-refractivity contribution in [2.75, 3.05) is 11.6 Å². The van der Waals surface area contributed by atoms with E-state index in [1.165, 1.54) is 4.90 Å². The van der Waals surface area contributed by atoms with Crippen molar-refractivity contribution in [2.45, 2.75) is 20.3 Å². The summed E-state index contributed by atoms with van der Waals surface area (Å²) >= 11 is 0. The molecular formula is C27H26N2O3. The molecule has 162 valence electrons. The third kappa shape index (κ3) is 2.66. The second kappa shape index (κ2) is 6.89. The standard InChI is InChI=1S/C27H26N2O3/c1-15-7-6-10-22(16(15)2)28(25(30)17-8-4-3-5-9-17)14-29-26(31)23-18-11-12-19(21-13-20(18)21)24(23)27(29)32/h3-12,18-21,23-24H,13-14H2,1-2H3/t18-,19-,20-,21-,23+,24+/m1/s1. The molecule has 0 aromatic heterocycles. The minimum atomic E-state index is -0.256. The maximum Gasteiger partial charge on any atom is 0.259 e. The molecule has 1 aliphatic heterocycles. The van der Waals surface area contributed by atoms with Crippen molar-refractivity contribution in [3.05, 3.63) is 77.4 Å². The van der Waals surface area contributed by atoms with Crippen molar-refractivity contribution in [1.29, 1.82) is 0 Å². The second-order valence-electron chi connectivity index (χ2n) is 9.72. The molecule has 2 saturated carbocycles. The first kappa shape index (κ1) is 19.5. The van der Waals surface area contributed by atoms with Crippen LogP contribution in [0.15, 0.2) is 60.7 Å². The lowest BCUT2D eigenvalue weighted by atomic mass is 9.63. The molecule has 3 fully saturated rings. The van der Waals surface area contributed by atoms with E-state index in [0.717, 1.165) is 23.2 Å². The first-order valence-electron chi connectivity index (χ1n) is 11.4. The molecule has 32 heavy (non-hydrogen) atoms. The predicted molar refractivity (Wildman–Crippen MR) is 121 cm³/mol. The zero-order valence-electron chi connectivity index (χ0n) is 18.3. The van der Waals surface area contributed by atoms with Crippen LogP contribution in [0.2, 0.25) is 0 Å². The average molecular weight is 427 g/mol. The van der Waals surface area contributed by atoms with E-state index in [2.05, 4.69) is 12.2 Å². The van der Waals surface area contributed by atoms with Crippen LogP contribution in [0.25, 0.3) is 0 Å². The molecule has 1 saturated heterocycles. The maximum absolute atomic E-state index is 13.6. The van der Waals surface area contributed by atoms with Gasteiger partial charge in [0.1, 0.15) is 6.67 Å². The largest absolute Gasteiger partial charge is 0.289 e. The van der Waals surface area contributed by atoms with Crippen molar-refractivity contribution in [2.24, 2.45) is 35.5 Å². The van der Waals surface area contributed by atoms with Gasteiger partial charge in [-0.15, -0.1) is 0 Å². The Hall–Kier alpha value is -3.21. The van der Waals surface area contributed by atoms with Gasteiger partial charge in [-0.2, -0.15) is 0 Å². The highest BCUT2D eigenvalue weighted by Crippen LogP contribution is 2.65. The lowest BCUT2D eigenvalue weighted by molar-refractivity contribution is -0.140. The molecule has 7 rings (SSSR count). The van der Waals surface area contributed by atoms with E-state index in [-0.39, 0.29) is 48.1 Å². The number of rotatable bonds is 4. The Morgan fingerprint density at radius 3 is 2.16 bits per heavy atom. The molecule has 4 aliphatic carbocycles. The van der Waals surface area contributed by atoms with Crippen molar-refractivity contribution >= 4 is 23.4 Å². The summed E-state index contributed by atoms with van der Waals surface area (Å²) in [6.45, 7) is 3.93. The summed E-state index contributed by atoms with van der Waals surface area (Å²) < 4.78 is 0. The number of hydrogen-bond donors (Lipinski definition) is 0. The van der Waals surface area contributed by atoms with Crippen molar-refractivity contribution in [1.82, 2.24) is 4.90 Å². The van der Waals surface area contributed by atoms with Gasteiger partial charge < -0.3 is 0 Å². The highest BCUT2D eigenvalue weighted by atomic mass is 16.2. The van der Waals surface area contributed by atoms with Crippen LogP contribution < -0.4 is 4.90 Å². The van der Waals surface area contributed by atoms with Gasteiger partial charge in [0.25, 0.3) is 5.91 Å². The van der Waals surface area contributed by atoms with Crippen molar-refractivity contribution < 1.29 is 14.4 Å². The Kier molecular flexibility index (Phi) is 4.19. The molecule has 0 radical (unpaired) electrons. The van der Waals surface area contributed by atoms with Gasteiger partial charge >= 0.3 is 0 Å². The monoisotopic (exact) mass is 426 g/mol. The summed E-state index contributed by atoms with van der Waals surface area (Å²) in [5, 5.41) is 0.